The molecule has 4 rings (SSSR count). The Morgan fingerprint density at radius 3 is 2.86 bits per heavy atom. The molecule has 1 aromatic carbocycles. The first-order valence-corrected chi connectivity index (χ1v) is 10.1. The van der Waals surface area contributed by atoms with E-state index >= 15 is 0 Å². The number of thioether (sulfide) groups is 1. The number of nitro groups is 1. The van der Waals surface area contributed by atoms with Crippen molar-refractivity contribution < 1.29 is 14.1 Å². The Balaban J connectivity index is 1.59. The fourth-order valence-corrected chi connectivity index (χ4v) is 4.28. The average Bonchev–Trinajstić information content (AvgIpc) is 3.40. The number of amides is 1. The van der Waals surface area contributed by atoms with E-state index in [1.165, 1.54) is 40.1 Å². The predicted octanol–water partition coefficient (Wildman–Crippen LogP) is 4.85. The quantitative estimate of drug-likeness (QED) is 0.336. The van der Waals surface area contributed by atoms with Crippen LogP contribution in [0.4, 0.5) is 10.8 Å². The summed E-state index contributed by atoms with van der Waals surface area (Å²) in [5.74, 6) is 0.772. The third kappa shape index (κ3) is 3.98. The summed E-state index contributed by atoms with van der Waals surface area (Å²) in [5, 5.41) is 14.0. The Morgan fingerprint density at radius 1 is 1.31 bits per heavy atom. The second-order valence-corrected chi connectivity index (χ2v) is 8.00. The zero-order chi connectivity index (χ0) is 20.5. The van der Waals surface area contributed by atoms with Gasteiger partial charge in [-0.25, -0.2) is 4.98 Å². The van der Waals surface area contributed by atoms with E-state index < -0.39 is 4.92 Å². The summed E-state index contributed by atoms with van der Waals surface area (Å²) in [6.45, 7) is 1.89. The molecule has 8 nitrogen and oxygen atoms in total. The molecule has 29 heavy (non-hydrogen) atoms. The van der Waals surface area contributed by atoms with Crippen molar-refractivity contribution in [2.75, 3.05) is 7.05 Å². The lowest BCUT2D eigenvalue weighted by molar-refractivity contribution is -0.384. The molecule has 0 unspecified atom stereocenters. The highest BCUT2D eigenvalue weighted by Crippen LogP contribution is 2.35. The molecule has 0 spiro atoms. The number of thiazole rings is 1. The van der Waals surface area contributed by atoms with Gasteiger partial charge in [0.2, 0.25) is 5.13 Å². The lowest BCUT2D eigenvalue weighted by atomic mass is 10.1. The van der Waals surface area contributed by atoms with Crippen molar-refractivity contribution in [3.63, 3.8) is 0 Å². The molecule has 0 atom stereocenters. The first-order chi connectivity index (χ1) is 13.9. The third-order valence-corrected chi connectivity index (χ3v) is 5.96. The summed E-state index contributed by atoms with van der Waals surface area (Å²) < 4.78 is 5.77. The van der Waals surface area contributed by atoms with Crippen LogP contribution in [-0.4, -0.2) is 32.9 Å². The molecule has 0 N–H and O–H groups in total. The number of aliphatic imine (C=N–C) groups is 1. The highest BCUT2D eigenvalue weighted by Gasteiger charge is 2.31. The molecule has 1 aliphatic rings. The number of hydrogen-bond acceptors (Lipinski definition) is 8. The van der Waals surface area contributed by atoms with E-state index in [4.69, 9.17) is 4.42 Å². The molecule has 2 aromatic heterocycles. The van der Waals surface area contributed by atoms with Crippen LogP contribution in [0, 0.1) is 17.0 Å². The maximum atomic E-state index is 12.5. The number of aromatic nitrogens is 1. The van der Waals surface area contributed by atoms with Crippen molar-refractivity contribution in [2.24, 2.45) is 4.99 Å². The number of carbonyl (C=O) groups excluding carboxylic acids is 1. The smallest absolute Gasteiger partial charge is 0.270 e. The van der Waals surface area contributed by atoms with Crippen LogP contribution in [0.2, 0.25) is 0 Å². The second-order valence-electron chi connectivity index (χ2n) is 6.15. The van der Waals surface area contributed by atoms with E-state index in [0.717, 1.165) is 5.69 Å². The fourth-order valence-electron chi connectivity index (χ4n) is 2.61. The summed E-state index contributed by atoms with van der Waals surface area (Å²) in [6, 6.07) is 9.62. The average molecular weight is 426 g/mol. The van der Waals surface area contributed by atoms with E-state index in [2.05, 4.69) is 9.98 Å². The Morgan fingerprint density at radius 2 is 2.14 bits per heavy atom. The first-order valence-electron chi connectivity index (χ1n) is 8.44. The maximum absolute atomic E-state index is 12.5. The third-order valence-electron chi connectivity index (χ3n) is 4.04. The number of non-ortho nitro benzene ring substituents is 1. The minimum atomic E-state index is -0.455. The van der Waals surface area contributed by atoms with Crippen LogP contribution >= 0.6 is 23.1 Å². The monoisotopic (exact) mass is 426 g/mol. The van der Waals surface area contributed by atoms with Gasteiger partial charge in [-0.2, -0.15) is 4.99 Å². The number of rotatable bonds is 4. The van der Waals surface area contributed by atoms with Gasteiger partial charge in [0, 0.05) is 36.2 Å². The van der Waals surface area contributed by atoms with Crippen molar-refractivity contribution in [1.82, 2.24) is 9.88 Å². The van der Waals surface area contributed by atoms with Gasteiger partial charge in [-0.05, 0) is 30.8 Å². The van der Waals surface area contributed by atoms with Crippen LogP contribution < -0.4 is 0 Å². The van der Waals surface area contributed by atoms with Crippen LogP contribution in [0.1, 0.15) is 11.5 Å². The SMILES string of the molecule is Cc1csc(/N=C2/S/C(=C/c3ccc(-c4cccc([N+](=O)[O-])c4)o3)C(=O)N2C)n1. The van der Waals surface area contributed by atoms with Gasteiger partial charge < -0.3 is 4.42 Å². The number of nitrogens with zero attached hydrogens (tertiary/aromatic N) is 4. The molecule has 1 fully saturated rings. The number of aryl methyl sites for hydroxylation is 1. The largest absolute Gasteiger partial charge is 0.457 e. The normalized spacial score (nSPS) is 16.9. The molecule has 0 radical (unpaired) electrons. The standard InChI is InChI=1S/C19H14N4O4S2/c1-11-10-28-18(20-11)21-19-22(2)17(24)16(29-19)9-14-6-7-15(27-14)12-4-3-5-13(8-12)23(25)26/h3-10H,1-2H3/b16-9+,21-19+. The number of nitro benzene ring substituents is 1. The molecule has 10 heteroatoms. The van der Waals surface area contributed by atoms with E-state index in [0.29, 0.717) is 32.3 Å². The molecule has 146 valence electrons. The molecule has 0 aliphatic carbocycles. The highest BCUT2D eigenvalue weighted by molar-refractivity contribution is 8.18. The van der Waals surface area contributed by atoms with E-state index in [-0.39, 0.29) is 11.6 Å². The van der Waals surface area contributed by atoms with E-state index in [1.807, 2.05) is 12.3 Å². The topological polar surface area (TPSA) is 102 Å². The van der Waals surface area contributed by atoms with Crippen molar-refractivity contribution >= 4 is 51.1 Å². The Labute approximate surface area is 173 Å². The molecular weight excluding hydrogens is 412 g/mol. The zero-order valence-corrected chi connectivity index (χ0v) is 17.0. The van der Waals surface area contributed by atoms with Gasteiger partial charge in [-0.15, -0.1) is 11.3 Å². The van der Waals surface area contributed by atoms with E-state index in [1.54, 1.807) is 37.4 Å². The molecular formula is C19H14N4O4S2. The minimum absolute atomic E-state index is 0.0137. The summed E-state index contributed by atoms with van der Waals surface area (Å²) >= 11 is 2.66. The van der Waals surface area contributed by atoms with E-state index in [9.17, 15) is 14.9 Å². The van der Waals surface area contributed by atoms with Gasteiger partial charge in [-0.1, -0.05) is 12.1 Å². The highest BCUT2D eigenvalue weighted by atomic mass is 32.2. The molecule has 1 aliphatic heterocycles. The molecule has 3 heterocycles. The van der Waals surface area contributed by atoms with Gasteiger partial charge in [0.25, 0.3) is 11.6 Å². The van der Waals surface area contributed by atoms with Crippen molar-refractivity contribution in [3.8, 4) is 11.3 Å². The van der Waals surface area contributed by atoms with Crippen LogP contribution in [0.25, 0.3) is 17.4 Å². The molecule has 3 aromatic rings. The number of amidine groups is 1. The van der Waals surface area contributed by atoms with Crippen LogP contribution in [0.15, 0.2) is 56.1 Å². The van der Waals surface area contributed by atoms with Crippen LogP contribution in [0.3, 0.4) is 0 Å². The molecule has 1 saturated heterocycles. The fraction of sp³-hybridized carbons (Fsp3) is 0.105. The summed E-state index contributed by atoms with van der Waals surface area (Å²) in [4.78, 5) is 33.7. The van der Waals surface area contributed by atoms with Gasteiger partial charge in [-0.3, -0.25) is 19.8 Å². The summed E-state index contributed by atoms with van der Waals surface area (Å²) in [6.07, 6.45) is 1.64. The van der Waals surface area contributed by atoms with Crippen molar-refractivity contribution in [1.29, 1.82) is 0 Å². The van der Waals surface area contributed by atoms with Crippen molar-refractivity contribution in [2.45, 2.75) is 6.92 Å². The van der Waals surface area contributed by atoms with Gasteiger partial charge in [0.1, 0.15) is 11.5 Å². The van der Waals surface area contributed by atoms with Gasteiger partial charge >= 0.3 is 0 Å². The number of hydrogen-bond donors (Lipinski definition) is 0. The Kier molecular flexibility index (Phi) is 5.03. The second kappa shape index (κ2) is 7.64. The van der Waals surface area contributed by atoms with Crippen LogP contribution in [-0.2, 0) is 4.79 Å². The molecule has 0 bridgehead atoms. The van der Waals surface area contributed by atoms with Gasteiger partial charge in [0.15, 0.2) is 5.17 Å². The summed E-state index contributed by atoms with van der Waals surface area (Å²) in [7, 11) is 1.66. The Bertz CT molecular complexity index is 1180. The molecule has 0 saturated carbocycles. The van der Waals surface area contributed by atoms with Gasteiger partial charge in [0.05, 0.1) is 15.5 Å². The number of furan rings is 1. The maximum Gasteiger partial charge on any atom is 0.270 e. The van der Waals surface area contributed by atoms with Crippen molar-refractivity contribution in [3.05, 3.63) is 68.3 Å². The number of benzene rings is 1. The molecule has 1 amide bonds. The number of carbonyl (C=O) groups is 1. The summed E-state index contributed by atoms with van der Waals surface area (Å²) in [5.41, 5.74) is 1.46. The predicted molar refractivity (Wildman–Crippen MR) is 113 cm³/mol. The lowest BCUT2D eigenvalue weighted by Crippen LogP contribution is -2.23. The minimum Gasteiger partial charge on any atom is -0.457 e. The lowest BCUT2D eigenvalue weighted by Gasteiger charge is -2.05. The Hall–Kier alpha value is -3.24. The first kappa shape index (κ1) is 19.1. The number of likely N-dealkylation sites (N-methyl/N-ethyl adjacent to an activating group) is 1. The van der Waals surface area contributed by atoms with Crippen LogP contribution in [0.5, 0.6) is 0 Å². The zero-order valence-electron chi connectivity index (χ0n) is 15.4.